The van der Waals surface area contributed by atoms with E-state index in [9.17, 15) is 9.59 Å². The van der Waals surface area contributed by atoms with Gasteiger partial charge in [0.25, 0.3) is 0 Å². The molecule has 5 nitrogen and oxygen atoms in total. The average molecular weight is 186 g/mol. The molecule has 0 saturated heterocycles. The van der Waals surface area contributed by atoms with Gasteiger partial charge in [0.2, 0.25) is 6.41 Å². The zero-order chi connectivity index (χ0) is 10.3. The number of ether oxygens (including phenoxy) is 1. The number of esters is 1. The van der Waals surface area contributed by atoms with Gasteiger partial charge in [-0.2, -0.15) is 0 Å². The number of carbonyl (C=O) groups excluding carboxylic acids is 2. The molecular formula is C8H14N2O3. The van der Waals surface area contributed by atoms with Gasteiger partial charge in [-0.15, -0.1) is 0 Å². The SMILES string of the molecule is C=CCOC(=O)C(N)(CC)NC=O. The van der Waals surface area contributed by atoms with Crippen LogP contribution in [0.4, 0.5) is 0 Å². The van der Waals surface area contributed by atoms with Crippen molar-refractivity contribution in [1.82, 2.24) is 5.32 Å². The molecule has 1 amide bonds. The van der Waals surface area contributed by atoms with Crippen LogP contribution in [0.1, 0.15) is 13.3 Å². The van der Waals surface area contributed by atoms with Crippen LogP contribution >= 0.6 is 0 Å². The summed E-state index contributed by atoms with van der Waals surface area (Å²) in [5.41, 5.74) is 4.12. The maximum absolute atomic E-state index is 11.2. The molecule has 0 aromatic heterocycles. The molecule has 0 aliphatic rings. The van der Waals surface area contributed by atoms with Gasteiger partial charge >= 0.3 is 5.97 Å². The fraction of sp³-hybridized carbons (Fsp3) is 0.500. The highest BCUT2D eigenvalue weighted by Crippen LogP contribution is 2.03. The van der Waals surface area contributed by atoms with E-state index < -0.39 is 11.6 Å². The van der Waals surface area contributed by atoms with E-state index >= 15 is 0 Å². The van der Waals surface area contributed by atoms with Crippen LogP contribution in [0.2, 0.25) is 0 Å². The second-order valence-corrected chi connectivity index (χ2v) is 2.47. The summed E-state index contributed by atoms with van der Waals surface area (Å²) in [5.74, 6) is -0.665. The second-order valence-electron chi connectivity index (χ2n) is 2.47. The first-order chi connectivity index (χ1) is 6.10. The van der Waals surface area contributed by atoms with E-state index in [0.29, 0.717) is 6.41 Å². The van der Waals surface area contributed by atoms with Gasteiger partial charge in [0.15, 0.2) is 5.66 Å². The minimum atomic E-state index is -1.43. The third-order valence-corrected chi connectivity index (χ3v) is 1.57. The molecule has 0 saturated carbocycles. The zero-order valence-corrected chi connectivity index (χ0v) is 7.58. The Morgan fingerprint density at radius 1 is 1.77 bits per heavy atom. The maximum atomic E-state index is 11.2. The molecular weight excluding hydrogens is 172 g/mol. The van der Waals surface area contributed by atoms with Crippen molar-refractivity contribution in [1.29, 1.82) is 0 Å². The van der Waals surface area contributed by atoms with Gasteiger partial charge in [0, 0.05) is 0 Å². The first-order valence-electron chi connectivity index (χ1n) is 3.89. The van der Waals surface area contributed by atoms with E-state index in [1.54, 1.807) is 6.92 Å². The van der Waals surface area contributed by atoms with Crippen LogP contribution in [0.15, 0.2) is 12.7 Å². The van der Waals surface area contributed by atoms with Gasteiger partial charge in [0.1, 0.15) is 6.61 Å². The topological polar surface area (TPSA) is 81.4 Å². The van der Waals surface area contributed by atoms with Crippen molar-refractivity contribution < 1.29 is 14.3 Å². The van der Waals surface area contributed by atoms with Crippen molar-refractivity contribution in [3.8, 4) is 0 Å². The van der Waals surface area contributed by atoms with Gasteiger partial charge in [-0.25, -0.2) is 4.79 Å². The lowest BCUT2D eigenvalue weighted by atomic mass is 10.1. The van der Waals surface area contributed by atoms with E-state index in [0.717, 1.165) is 0 Å². The van der Waals surface area contributed by atoms with E-state index in [-0.39, 0.29) is 13.0 Å². The Bertz CT molecular complexity index is 206. The number of carbonyl (C=O) groups is 2. The Labute approximate surface area is 76.9 Å². The molecule has 0 heterocycles. The highest BCUT2D eigenvalue weighted by molar-refractivity contribution is 5.82. The largest absolute Gasteiger partial charge is 0.459 e. The first kappa shape index (κ1) is 11.6. The predicted molar refractivity (Wildman–Crippen MR) is 47.6 cm³/mol. The summed E-state index contributed by atoms with van der Waals surface area (Å²) in [4.78, 5) is 21.4. The molecule has 3 N–H and O–H groups in total. The van der Waals surface area contributed by atoms with Crippen LogP contribution in [0.25, 0.3) is 0 Å². The van der Waals surface area contributed by atoms with Crippen molar-refractivity contribution in [3.05, 3.63) is 12.7 Å². The molecule has 0 rings (SSSR count). The number of nitrogens with one attached hydrogen (secondary N) is 1. The molecule has 0 bridgehead atoms. The van der Waals surface area contributed by atoms with Gasteiger partial charge < -0.3 is 10.1 Å². The van der Waals surface area contributed by atoms with Crippen LogP contribution in [0.5, 0.6) is 0 Å². The molecule has 5 heteroatoms. The van der Waals surface area contributed by atoms with Crippen LogP contribution in [-0.4, -0.2) is 24.6 Å². The third kappa shape index (κ3) is 3.25. The molecule has 0 spiro atoms. The highest BCUT2D eigenvalue weighted by atomic mass is 16.5. The Morgan fingerprint density at radius 2 is 2.38 bits per heavy atom. The normalized spacial score (nSPS) is 14.0. The van der Waals surface area contributed by atoms with E-state index in [1.807, 2.05) is 0 Å². The van der Waals surface area contributed by atoms with Crippen molar-refractivity contribution >= 4 is 12.4 Å². The van der Waals surface area contributed by atoms with Crippen LogP contribution in [0.3, 0.4) is 0 Å². The number of nitrogens with two attached hydrogens (primary N) is 1. The lowest BCUT2D eigenvalue weighted by Crippen LogP contribution is -2.59. The summed E-state index contributed by atoms with van der Waals surface area (Å²) in [6.45, 7) is 5.13. The quantitative estimate of drug-likeness (QED) is 0.254. The lowest BCUT2D eigenvalue weighted by Gasteiger charge is -2.24. The Hall–Kier alpha value is -1.36. The summed E-state index contributed by atoms with van der Waals surface area (Å²) in [6, 6.07) is 0. The van der Waals surface area contributed by atoms with Crippen LogP contribution in [-0.2, 0) is 14.3 Å². The van der Waals surface area contributed by atoms with Gasteiger partial charge in [-0.1, -0.05) is 19.6 Å². The number of rotatable bonds is 6. The molecule has 1 atom stereocenters. The Morgan fingerprint density at radius 3 is 2.77 bits per heavy atom. The minimum absolute atomic E-state index is 0.0817. The second kappa shape index (κ2) is 5.31. The maximum Gasteiger partial charge on any atom is 0.347 e. The molecule has 1 unspecified atom stereocenters. The average Bonchev–Trinajstić information content (AvgIpc) is 2.14. The molecule has 0 aliphatic heterocycles. The number of hydrogen-bond acceptors (Lipinski definition) is 4. The van der Waals surface area contributed by atoms with Gasteiger partial charge in [-0.3, -0.25) is 10.5 Å². The summed E-state index contributed by atoms with van der Waals surface area (Å²) in [5, 5.41) is 2.21. The summed E-state index contributed by atoms with van der Waals surface area (Å²) >= 11 is 0. The van der Waals surface area contributed by atoms with Crippen molar-refractivity contribution in [2.24, 2.45) is 5.73 Å². The van der Waals surface area contributed by atoms with E-state index in [1.165, 1.54) is 6.08 Å². The Balaban J connectivity index is 4.27. The summed E-state index contributed by atoms with van der Waals surface area (Å²) < 4.78 is 4.70. The molecule has 0 radical (unpaired) electrons. The third-order valence-electron chi connectivity index (χ3n) is 1.57. The Kier molecular flexibility index (Phi) is 4.76. The fourth-order valence-electron chi connectivity index (χ4n) is 0.674. The van der Waals surface area contributed by atoms with Crippen LogP contribution < -0.4 is 11.1 Å². The molecule has 0 fully saturated rings. The summed E-state index contributed by atoms with van der Waals surface area (Å²) in [7, 11) is 0. The molecule has 0 aromatic rings. The molecule has 74 valence electrons. The van der Waals surface area contributed by atoms with Crippen molar-refractivity contribution in [2.45, 2.75) is 19.0 Å². The standard InChI is InChI=1S/C8H14N2O3/c1-3-5-13-7(12)8(9,4-2)10-6-11/h3,6H,1,4-5,9H2,2H3,(H,10,11). The highest BCUT2D eigenvalue weighted by Gasteiger charge is 2.32. The molecule has 0 aliphatic carbocycles. The fourth-order valence-corrected chi connectivity index (χ4v) is 0.674. The minimum Gasteiger partial charge on any atom is -0.459 e. The number of hydrogen-bond donors (Lipinski definition) is 2. The van der Waals surface area contributed by atoms with E-state index in [4.69, 9.17) is 10.5 Å². The molecule has 0 aromatic carbocycles. The van der Waals surface area contributed by atoms with Crippen molar-refractivity contribution in [3.63, 3.8) is 0 Å². The van der Waals surface area contributed by atoms with E-state index in [2.05, 4.69) is 11.9 Å². The number of amides is 1. The lowest BCUT2D eigenvalue weighted by molar-refractivity contribution is -0.151. The molecule has 13 heavy (non-hydrogen) atoms. The van der Waals surface area contributed by atoms with Crippen LogP contribution in [0, 0.1) is 0 Å². The van der Waals surface area contributed by atoms with Crippen molar-refractivity contribution in [2.75, 3.05) is 6.61 Å². The predicted octanol–water partition coefficient (Wildman–Crippen LogP) is -0.473. The van der Waals surface area contributed by atoms with Gasteiger partial charge in [0.05, 0.1) is 0 Å². The summed E-state index contributed by atoms with van der Waals surface area (Å²) in [6.07, 6.45) is 2.06. The first-order valence-corrected chi connectivity index (χ1v) is 3.89. The monoisotopic (exact) mass is 186 g/mol. The van der Waals surface area contributed by atoms with Gasteiger partial charge in [-0.05, 0) is 6.42 Å². The zero-order valence-electron chi connectivity index (χ0n) is 7.58. The smallest absolute Gasteiger partial charge is 0.347 e.